The predicted molar refractivity (Wildman–Crippen MR) is 286 cm³/mol. The highest BCUT2D eigenvalue weighted by Gasteiger charge is 2.47. The Morgan fingerprint density at radius 2 is 0.514 bits per heavy atom. The van der Waals surface area contributed by atoms with Crippen LogP contribution in [-0.4, -0.2) is 0 Å². The minimum Gasteiger partial charge on any atom is -0.466 e. The van der Waals surface area contributed by atoms with E-state index in [-0.39, 0.29) is 0 Å². The summed E-state index contributed by atoms with van der Waals surface area (Å²) < 4.78 is 22.0. The van der Waals surface area contributed by atoms with Crippen LogP contribution in [0.4, 0.5) is 0 Å². The highest BCUT2D eigenvalue weighted by Crippen LogP contribution is 2.58. The van der Waals surface area contributed by atoms with Gasteiger partial charge in [0.1, 0.15) is 23.0 Å². The van der Waals surface area contributed by atoms with Crippen molar-refractivity contribution in [2.45, 2.75) is 10.8 Å². The summed E-state index contributed by atoms with van der Waals surface area (Å²) in [4.78, 5) is 0. The fraction of sp³-hybridized carbons (Fsp3) is 0.0303. The molecule has 10 aromatic carbocycles. The smallest absolute Gasteiger partial charge is 0.127 e. The van der Waals surface area contributed by atoms with E-state index in [1.54, 1.807) is 0 Å². The molecule has 0 amide bonds. The third-order valence-electron chi connectivity index (χ3n) is 13.8. The first-order chi connectivity index (χ1) is 34.5. The van der Waals surface area contributed by atoms with E-state index < -0.39 is 10.8 Å². The lowest BCUT2D eigenvalue weighted by Gasteiger charge is -2.34. The van der Waals surface area contributed by atoms with Crippen LogP contribution in [0.2, 0.25) is 0 Å². The van der Waals surface area contributed by atoms with Gasteiger partial charge in [0.05, 0.1) is 35.9 Å². The molecule has 0 fully saturated rings. The average molecular weight is 905 g/mol. The van der Waals surface area contributed by atoms with Crippen LogP contribution < -0.4 is 18.9 Å². The second-order valence-electron chi connectivity index (χ2n) is 17.3. The number of rotatable bonds is 12. The Hall–Kier alpha value is -9.12. The lowest BCUT2D eigenvalue weighted by atomic mass is 9.67. The molecule has 0 heterocycles. The van der Waals surface area contributed by atoms with Crippen molar-refractivity contribution >= 4 is 21.5 Å². The van der Waals surface area contributed by atoms with Crippen LogP contribution in [0, 0.1) is 0 Å². The van der Waals surface area contributed by atoms with Crippen LogP contribution in [0.3, 0.4) is 0 Å². The zero-order valence-corrected chi connectivity index (χ0v) is 38.6. The maximum atomic E-state index is 5.54. The van der Waals surface area contributed by atoms with Gasteiger partial charge in [-0.1, -0.05) is 184 Å². The van der Waals surface area contributed by atoms with Crippen molar-refractivity contribution in [1.82, 2.24) is 0 Å². The second-order valence-corrected chi connectivity index (χ2v) is 17.3. The molecule has 0 unspecified atom stereocenters. The van der Waals surface area contributed by atoms with Crippen molar-refractivity contribution < 1.29 is 18.9 Å². The molecule has 0 radical (unpaired) electrons. The van der Waals surface area contributed by atoms with E-state index in [0.29, 0.717) is 0 Å². The minimum atomic E-state index is -0.470. The molecule has 0 spiro atoms. The Morgan fingerprint density at radius 1 is 0.257 bits per heavy atom. The molecule has 10 aromatic rings. The molecule has 0 atom stereocenters. The quantitative estimate of drug-likeness (QED) is 0.114. The maximum absolute atomic E-state index is 5.54. The average Bonchev–Trinajstić information content (AvgIpc) is 3.88. The molecule has 70 heavy (non-hydrogen) atoms. The van der Waals surface area contributed by atoms with Gasteiger partial charge in [-0.05, 0) is 149 Å². The van der Waals surface area contributed by atoms with E-state index in [1.807, 2.05) is 36.4 Å². The second kappa shape index (κ2) is 18.2. The topological polar surface area (TPSA) is 36.9 Å². The van der Waals surface area contributed by atoms with Gasteiger partial charge < -0.3 is 18.9 Å². The normalized spacial score (nSPS) is 13.0. The maximum Gasteiger partial charge on any atom is 0.127 e. The first-order valence-corrected chi connectivity index (χ1v) is 23.3. The molecule has 0 saturated heterocycles. The van der Waals surface area contributed by atoms with E-state index in [2.05, 4.69) is 208 Å². The Kier molecular flexibility index (Phi) is 11.3. The molecule has 0 N–H and O–H groups in total. The molecule has 0 aliphatic heterocycles. The van der Waals surface area contributed by atoms with E-state index in [1.165, 1.54) is 91.8 Å². The number of ether oxygens (including phenoxy) is 4. The van der Waals surface area contributed by atoms with Crippen LogP contribution in [0.5, 0.6) is 23.0 Å². The van der Waals surface area contributed by atoms with E-state index in [0.717, 1.165) is 44.5 Å². The molecule has 4 nitrogen and oxygen atoms in total. The lowest BCUT2D eigenvalue weighted by molar-refractivity contribution is 0.482. The van der Waals surface area contributed by atoms with E-state index in [9.17, 15) is 0 Å². The molecule has 12 rings (SSSR count). The molecule has 2 aliphatic carbocycles. The summed E-state index contributed by atoms with van der Waals surface area (Å²) in [5, 5.41) is 4.58. The van der Waals surface area contributed by atoms with Gasteiger partial charge in [-0.3, -0.25) is 0 Å². The molecule has 4 heteroatoms. The Morgan fingerprint density at radius 3 is 0.857 bits per heavy atom. The fourth-order valence-electron chi connectivity index (χ4n) is 11.1. The molecule has 2 aliphatic rings. The first-order valence-electron chi connectivity index (χ1n) is 23.3. The predicted octanol–water partition coefficient (Wildman–Crippen LogP) is 16.5. The van der Waals surface area contributed by atoms with Crippen molar-refractivity contribution in [3.63, 3.8) is 0 Å². The Bertz CT molecular complexity index is 3400. The minimum absolute atomic E-state index is 0.438. The third-order valence-corrected chi connectivity index (χ3v) is 13.8. The summed E-state index contributed by atoms with van der Waals surface area (Å²) in [6, 6.07) is 77.5. The summed E-state index contributed by atoms with van der Waals surface area (Å²) in [7, 11) is 0. The van der Waals surface area contributed by atoms with Crippen molar-refractivity contribution in [1.29, 1.82) is 0 Å². The molecule has 0 bridgehead atoms. The summed E-state index contributed by atoms with van der Waals surface area (Å²) in [6.45, 7) is 14.7. The Balaban J connectivity index is 0.000000157. The highest BCUT2D eigenvalue weighted by molar-refractivity contribution is 5.92. The number of hydrogen-bond donors (Lipinski definition) is 0. The fourth-order valence-corrected chi connectivity index (χ4v) is 11.1. The molecule has 0 saturated carbocycles. The van der Waals surface area contributed by atoms with E-state index >= 15 is 0 Å². The van der Waals surface area contributed by atoms with Gasteiger partial charge in [-0.15, -0.1) is 0 Å². The zero-order chi connectivity index (χ0) is 47.7. The number of fused-ring (bicyclic) bond motifs is 8. The van der Waals surface area contributed by atoms with E-state index in [4.69, 9.17) is 18.9 Å². The van der Waals surface area contributed by atoms with Crippen LogP contribution in [0.15, 0.2) is 270 Å². The molecule has 336 valence electrons. The summed E-state index contributed by atoms with van der Waals surface area (Å²) in [5.41, 5.74) is 14.1. The molecular weight excluding hydrogens is 857 g/mol. The van der Waals surface area contributed by atoms with Gasteiger partial charge in [0.25, 0.3) is 0 Å². The van der Waals surface area contributed by atoms with Gasteiger partial charge in [-0.25, -0.2) is 0 Å². The van der Waals surface area contributed by atoms with Crippen molar-refractivity contribution in [2.24, 2.45) is 0 Å². The third kappa shape index (κ3) is 7.08. The van der Waals surface area contributed by atoms with Crippen molar-refractivity contribution in [2.75, 3.05) is 0 Å². The first kappa shape index (κ1) is 43.5. The van der Waals surface area contributed by atoms with Gasteiger partial charge in [-0.2, -0.15) is 0 Å². The lowest BCUT2D eigenvalue weighted by Crippen LogP contribution is -2.28. The molecule has 0 aromatic heterocycles. The van der Waals surface area contributed by atoms with Gasteiger partial charge in [0.15, 0.2) is 0 Å². The van der Waals surface area contributed by atoms with Crippen LogP contribution >= 0.6 is 0 Å². The van der Waals surface area contributed by atoms with Crippen LogP contribution in [0.25, 0.3) is 43.8 Å². The molecular formula is C66H48O4. The SMILES string of the molecule is C=COc1ccc(C2(c3ccc(OC=C)cc3)c3ccccc3-c3ccccc32)cc1.C=COc1ccc2cc(C3(c4ccc5cc(OC=C)ccc5c4)c4ccccc4-c4ccccc43)ccc2c1. The summed E-state index contributed by atoms with van der Waals surface area (Å²) >= 11 is 0. The van der Waals surface area contributed by atoms with Gasteiger partial charge in [0.2, 0.25) is 0 Å². The number of benzene rings is 10. The highest BCUT2D eigenvalue weighted by atomic mass is 16.5. The zero-order valence-electron chi connectivity index (χ0n) is 38.6. The van der Waals surface area contributed by atoms with Crippen LogP contribution in [-0.2, 0) is 10.8 Å². The van der Waals surface area contributed by atoms with Crippen LogP contribution in [0.1, 0.15) is 44.5 Å². The largest absolute Gasteiger partial charge is 0.466 e. The summed E-state index contributed by atoms with van der Waals surface area (Å²) in [6.07, 6.45) is 5.82. The number of hydrogen-bond acceptors (Lipinski definition) is 4. The van der Waals surface area contributed by atoms with Gasteiger partial charge >= 0.3 is 0 Å². The monoisotopic (exact) mass is 904 g/mol. The summed E-state index contributed by atoms with van der Waals surface area (Å²) in [5.74, 6) is 3.10. The van der Waals surface area contributed by atoms with Gasteiger partial charge in [0, 0.05) is 0 Å². The van der Waals surface area contributed by atoms with Crippen molar-refractivity contribution in [3.05, 3.63) is 314 Å². The standard InChI is InChI=1S/C37H26O2.C29H22O2/c1-3-38-31-19-15-25-21-29(17-13-27(25)23-31)37(30-18-14-28-24-32(39-4-2)20-16-26(28)22-30)35-11-7-5-9-33(35)34-10-6-8-12-36(34)37;1-3-30-23-17-13-21(14-18-23)29(22-15-19-24(20-16-22)31-4-2)27-11-7-5-9-25(27)26-10-6-8-12-28(26)29/h3-24H,1-2H2;3-20H,1-2H2. The Labute approximate surface area is 409 Å². The van der Waals surface area contributed by atoms with Crippen molar-refractivity contribution in [3.8, 4) is 45.3 Å².